The van der Waals surface area contributed by atoms with Gasteiger partial charge in [-0.05, 0) is 37.3 Å². The van der Waals surface area contributed by atoms with E-state index in [2.05, 4.69) is 20.4 Å². The number of nitrogens with one attached hydrogen (secondary N) is 1. The van der Waals surface area contributed by atoms with Crippen molar-refractivity contribution in [3.8, 4) is 11.4 Å². The highest BCUT2D eigenvalue weighted by Crippen LogP contribution is 2.22. The molecule has 1 atom stereocenters. The summed E-state index contributed by atoms with van der Waals surface area (Å²) in [6.45, 7) is 1.84. The van der Waals surface area contributed by atoms with Gasteiger partial charge in [0.05, 0.1) is 29.6 Å². The smallest absolute Gasteiger partial charge is 0.275 e. The molecule has 2 N–H and O–H groups in total. The van der Waals surface area contributed by atoms with Gasteiger partial charge in [-0.3, -0.25) is 9.48 Å². The van der Waals surface area contributed by atoms with E-state index < -0.39 is 0 Å². The minimum Gasteiger partial charge on any atom is -0.394 e. The zero-order chi connectivity index (χ0) is 19.5. The first-order valence-electron chi connectivity index (χ1n) is 8.94. The molecular weight excluding hydrogens is 354 g/mol. The van der Waals surface area contributed by atoms with E-state index >= 15 is 0 Å². The number of rotatable bonds is 5. The molecule has 0 fully saturated rings. The third kappa shape index (κ3) is 3.47. The van der Waals surface area contributed by atoms with Crippen molar-refractivity contribution >= 4 is 22.6 Å². The van der Waals surface area contributed by atoms with Crippen molar-refractivity contribution in [2.75, 3.05) is 11.9 Å². The van der Waals surface area contributed by atoms with Gasteiger partial charge in [-0.25, -0.2) is 9.97 Å². The molecule has 0 saturated heterocycles. The number of para-hydroxylation sites is 1. The Hall–Kier alpha value is -3.58. The van der Waals surface area contributed by atoms with Gasteiger partial charge in [0.2, 0.25) is 0 Å². The van der Waals surface area contributed by atoms with Gasteiger partial charge in [-0.1, -0.05) is 30.3 Å². The summed E-state index contributed by atoms with van der Waals surface area (Å²) < 4.78 is 1.71. The molecule has 3 aromatic heterocycles. The molecule has 0 saturated carbocycles. The normalized spacial score (nSPS) is 12.1. The van der Waals surface area contributed by atoms with Gasteiger partial charge in [0, 0.05) is 11.6 Å². The van der Waals surface area contributed by atoms with Gasteiger partial charge in [0.25, 0.3) is 5.91 Å². The number of aromatic nitrogens is 4. The van der Waals surface area contributed by atoms with Crippen LogP contribution in [0, 0.1) is 0 Å². The lowest BCUT2D eigenvalue weighted by atomic mass is 10.2. The highest BCUT2D eigenvalue weighted by atomic mass is 16.3. The monoisotopic (exact) mass is 373 g/mol. The zero-order valence-electron chi connectivity index (χ0n) is 15.3. The molecule has 0 radical (unpaired) electrons. The molecule has 28 heavy (non-hydrogen) atoms. The largest absolute Gasteiger partial charge is 0.394 e. The first-order valence-corrected chi connectivity index (χ1v) is 8.94. The first kappa shape index (κ1) is 17.8. The van der Waals surface area contributed by atoms with Crippen molar-refractivity contribution in [3.63, 3.8) is 0 Å². The van der Waals surface area contributed by atoms with Crippen LogP contribution >= 0.6 is 0 Å². The van der Waals surface area contributed by atoms with E-state index in [1.54, 1.807) is 23.0 Å². The molecule has 7 heteroatoms. The molecule has 1 amide bonds. The van der Waals surface area contributed by atoms with Crippen molar-refractivity contribution in [2.24, 2.45) is 0 Å². The van der Waals surface area contributed by atoms with Crippen molar-refractivity contribution in [3.05, 3.63) is 72.6 Å². The fourth-order valence-electron chi connectivity index (χ4n) is 2.97. The predicted molar refractivity (Wildman–Crippen MR) is 107 cm³/mol. The number of hydrogen-bond acceptors (Lipinski definition) is 5. The second kappa shape index (κ2) is 7.58. The van der Waals surface area contributed by atoms with Crippen LogP contribution in [0.4, 0.5) is 5.82 Å². The summed E-state index contributed by atoms with van der Waals surface area (Å²) in [5.74, 6) is 0.0921. The second-order valence-electron chi connectivity index (χ2n) is 6.44. The molecule has 140 valence electrons. The summed E-state index contributed by atoms with van der Waals surface area (Å²) in [6, 6.07) is 18.2. The van der Waals surface area contributed by atoms with E-state index in [0.29, 0.717) is 17.2 Å². The Bertz CT molecular complexity index is 1140. The molecular formula is C21H19N5O2. The SMILES string of the molecule is C[C@@H](CO)n1nccc1-c1cccc(NC(=O)c2ccc3ccccc3n2)n1. The van der Waals surface area contributed by atoms with Crippen molar-refractivity contribution < 1.29 is 9.90 Å². The maximum Gasteiger partial charge on any atom is 0.275 e. The quantitative estimate of drug-likeness (QED) is 0.560. The van der Waals surface area contributed by atoms with Crippen LogP contribution in [0.15, 0.2) is 66.9 Å². The van der Waals surface area contributed by atoms with Crippen LogP contribution in [-0.2, 0) is 0 Å². The first-order chi connectivity index (χ1) is 13.7. The summed E-state index contributed by atoms with van der Waals surface area (Å²) in [4.78, 5) is 21.5. The Morgan fingerprint density at radius 3 is 2.79 bits per heavy atom. The lowest BCUT2D eigenvalue weighted by Crippen LogP contribution is -2.15. The number of amides is 1. The fraction of sp³-hybridized carbons (Fsp3) is 0.143. The van der Waals surface area contributed by atoms with Gasteiger partial charge in [0.15, 0.2) is 0 Å². The Balaban J connectivity index is 1.59. The molecule has 7 nitrogen and oxygen atoms in total. The van der Waals surface area contributed by atoms with Gasteiger partial charge >= 0.3 is 0 Å². The highest BCUT2D eigenvalue weighted by Gasteiger charge is 2.14. The maximum atomic E-state index is 12.6. The Morgan fingerprint density at radius 1 is 1.07 bits per heavy atom. The summed E-state index contributed by atoms with van der Waals surface area (Å²) >= 11 is 0. The molecule has 4 rings (SSSR count). The lowest BCUT2D eigenvalue weighted by molar-refractivity contribution is 0.102. The van der Waals surface area contributed by atoms with Crippen molar-refractivity contribution in [1.82, 2.24) is 19.7 Å². The Kier molecular flexibility index (Phi) is 4.82. The summed E-state index contributed by atoms with van der Waals surface area (Å²) in [6.07, 6.45) is 1.66. The molecule has 0 aliphatic heterocycles. The van der Waals surface area contributed by atoms with Gasteiger partial charge in [0.1, 0.15) is 11.5 Å². The molecule has 0 bridgehead atoms. The van der Waals surface area contributed by atoms with Crippen LogP contribution in [0.2, 0.25) is 0 Å². The second-order valence-corrected chi connectivity index (χ2v) is 6.44. The average Bonchev–Trinajstić information content (AvgIpc) is 3.23. The van der Waals surface area contributed by atoms with E-state index in [9.17, 15) is 9.90 Å². The topological polar surface area (TPSA) is 92.9 Å². The minimum absolute atomic E-state index is 0.0290. The fourth-order valence-corrected chi connectivity index (χ4v) is 2.97. The zero-order valence-corrected chi connectivity index (χ0v) is 15.3. The predicted octanol–water partition coefficient (Wildman–Crippen LogP) is 3.30. The molecule has 0 spiro atoms. The molecule has 0 aliphatic carbocycles. The third-order valence-electron chi connectivity index (χ3n) is 4.44. The molecule has 0 aliphatic rings. The lowest BCUT2D eigenvalue weighted by Gasteiger charge is -2.13. The molecule has 1 aromatic carbocycles. The van der Waals surface area contributed by atoms with Crippen molar-refractivity contribution in [2.45, 2.75) is 13.0 Å². The number of benzene rings is 1. The van der Waals surface area contributed by atoms with Crippen LogP contribution < -0.4 is 5.32 Å². The highest BCUT2D eigenvalue weighted by molar-refractivity contribution is 6.03. The van der Waals surface area contributed by atoms with Gasteiger partial charge in [-0.2, -0.15) is 5.10 Å². The van der Waals surface area contributed by atoms with Crippen LogP contribution in [0.3, 0.4) is 0 Å². The van der Waals surface area contributed by atoms with Crippen LogP contribution in [0.5, 0.6) is 0 Å². The summed E-state index contributed by atoms with van der Waals surface area (Å²) in [7, 11) is 0. The molecule has 3 heterocycles. The number of aliphatic hydroxyl groups is 1. The van der Waals surface area contributed by atoms with E-state index in [0.717, 1.165) is 16.6 Å². The Labute approximate surface area is 161 Å². The molecule has 0 unspecified atom stereocenters. The number of aliphatic hydroxyl groups excluding tert-OH is 1. The summed E-state index contributed by atoms with van der Waals surface area (Å²) in [5.41, 5.74) is 2.51. The van der Waals surface area contributed by atoms with E-state index in [4.69, 9.17) is 0 Å². The van der Waals surface area contributed by atoms with E-state index in [-0.39, 0.29) is 18.6 Å². The number of nitrogens with zero attached hydrogens (tertiary/aromatic N) is 4. The maximum absolute atomic E-state index is 12.6. The summed E-state index contributed by atoms with van der Waals surface area (Å²) in [5, 5.41) is 17.4. The van der Waals surface area contributed by atoms with Crippen molar-refractivity contribution in [1.29, 1.82) is 0 Å². The van der Waals surface area contributed by atoms with Gasteiger partial charge in [-0.15, -0.1) is 0 Å². The number of pyridine rings is 2. The van der Waals surface area contributed by atoms with Gasteiger partial charge < -0.3 is 10.4 Å². The van der Waals surface area contributed by atoms with Crippen LogP contribution in [0.1, 0.15) is 23.5 Å². The Morgan fingerprint density at radius 2 is 1.93 bits per heavy atom. The minimum atomic E-state index is -0.326. The van der Waals surface area contributed by atoms with Crippen LogP contribution in [-0.4, -0.2) is 37.4 Å². The molecule has 4 aromatic rings. The van der Waals surface area contributed by atoms with E-state index in [1.807, 2.05) is 55.5 Å². The standard InChI is InChI=1S/C21H19N5O2/c1-14(13-27)26-19(11-12-22-26)17-7-4-8-20(24-17)25-21(28)18-10-9-15-5-2-3-6-16(15)23-18/h2-12,14,27H,13H2,1H3,(H,24,25,28)/t14-/m0/s1. The van der Waals surface area contributed by atoms with Crippen LogP contribution in [0.25, 0.3) is 22.3 Å². The number of fused-ring (bicyclic) bond motifs is 1. The number of carbonyl (C=O) groups is 1. The number of carbonyl (C=O) groups excluding carboxylic acids is 1. The van der Waals surface area contributed by atoms with E-state index in [1.165, 1.54) is 0 Å². The number of hydrogen-bond donors (Lipinski definition) is 2. The number of anilines is 1. The third-order valence-corrected chi connectivity index (χ3v) is 4.44. The average molecular weight is 373 g/mol.